The van der Waals surface area contributed by atoms with Crippen LogP contribution in [0.3, 0.4) is 0 Å². The molecular weight excluding hydrogens is 236 g/mol. The van der Waals surface area contributed by atoms with E-state index in [0.717, 1.165) is 0 Å². The van der Waals surface area contributed by atoms with E-state index in [0.29, 0.717) is 10.0 Å². The molecule has 0 saturated heterocycles. The maximum atomic E-state index is 10.6. The number of hydrogen-bond donors (Lipinski definition) is 2. The predicted octanol–water partition coefficient (Wildman–Crippen LogP) is 2.34. The van der Waals surface area contributed by atoms with Gasteiger partial charge in [-0.3, -0.25) is 4.79 Å². The lowest BCUT2D eigenvalue weighted by molar-refractivity contribution is -0.138. The van der Waals surface area contributed by atoms with Gasteiger partial charge in [-0.2, -0.15) is 0 Å². The first-order valence-electron chi connectivity index (χ1n) is 3.74. The van der Waals surface area contributed by atoms with Crippen LogP contribution in [-0.2, 0) is 4.79 Å². The van der Waals surface area contributed by atoms with Gasteiger partial charge in [0, 0.05) is 5.56 Å². The summed E-state index contributed by atoms with van der Waals surface area (Å²) in [5.41, 5.74) is 0.418. The Hall–Kier alpha value is -1.03. The van der Waals surface area contributed by atoms with Crippen LogP contribution in [0.2, 0.25) is 0 Å². The van der Waals surface area contributed by atoms with E-state index in [1.807, 2.05) is 0 Å². The van der Waals surface area contributed by atoms with Crippen LogP contribution in [0.25, 0.3) is 0 Å². The van der Waals surface area contributed by atoms with Crippen molar-refractivity contribution in [3.63, 3.8) is 0 Å². The number of carboxylic acids is 1. The fraction of sp³-hybridized carbons (Fsp3) is 0.222. The standard InChI is InChI=1S/C9H9BrO3/c1-5(9(12)13)6-3-2-4-7(10)8(6)11/h2-5,11H,1H3,(H,12,13)/t5-/m1/s1. The molecule has 0 heterocycles. The minimum atomic E-state index is -0.951. The topological polar surface area (TPSA) is 57.5 Å². The van der Waals surface area contributed by atoms with Gasteiger partial charge in [0.1, 0.15) is 5.75 Å². The van der Waals surface area contributed by atoms with Gasteiger partial charge in [-0.25, -0.2) is 0 Å². The van der Waals surface area contributed by atoms with E-state index < -0.39 is 11.9 Å². The number of aliphatic carboxylic acids is 1. The van der Waals surface area contributed by atoms with Crippen LogP contribution in [0, 0.1) is 0 Å². The van der Waals surface area contributed by atoms with Gasteiger partial charge in [-0.15, -0.1) is 0 Å². The Labute approximate surface area is 84.1 Å². The van der Waals surface area contributed by atoms with Crippen LogP contribution >= 0.6 is 15.9 Å². The first-order valence-corrected chi connectivity index (χ1v) is 4.53. The SMILES string of the molecule is C[C@@H](C(=O)O)c1cccc(Br)c1O. The lowest BCUT2D eigenvalue weighted by Gasteiger charge is -2.09. The van der Waals surface area contributed by atoms with E-state index >= 15 is 0 Å². The summed E-state index contributed by atoms with van der Waals surface area (Å²) in [6, 6.07) is 4.95. The molecule has 0 bridgehead atoms. The van der Waals surface area contributed by atoms with Crippen molar-refractivity contribution in [1.82, 2.24) is 0 Å². The third-order valence-corrected chi connectivity index (χ3v) is 2.49. The van der Waals surface area contributed by atoms with Gasteiger partial charge < -0.3 is 10.2 Å². The summed E-state index contributed by atoms with van der Waals surface area (Å²) < 4.78 is 0.512. The third kappa shape index (κ3) is 2.01. The number of halogens is 1. The summed E-state index contributed by atoms with van der Waals surface area (Å²) in [6.07, 6.45) is 0. The molecule has 0 unspecified atom stereocenters. The molecule has 0 aliphatic rings. The summed E-state index contributed by atoms with van der Waals surface area (Å²) in [7, 11) is 0. The highest BCUT2D eigenvalue weighted by atomic mass is 79.9. The van der Waals surface area contributed by atoms with Gasteiger partial charge in [0.05, 0.1) is 10.4 Å². The van der Waals surface area contributed by atoms with Crippen molar-refractivity contribution in [2.75, 3.05) is 0 Å². The predicted molar refractivity (Wildman–Crippen MR) is 51.9 cm³/mol. The number of aromatic hydroxyl groups is 1. The van der Waals surface area contributed by atoms with Gasteiger partial charge in [-0.05, 0) is 28.9 Å². The number of para-hydroxylation sites is 1. The highest BCUT2D eigenvalue weighted by molar-refractivity contribution is 9.10. The number of phenols is 1. The smallest absolute Gasteiger partial charge is 0.310 e. The molecule has 3 nitrogen and oxygen atoms in total. The number of rotatable bonds is 2. The zero-order chi connectivity index (χ0) is 10.0. The van der Waals surface area contributed by atoms with Crippen LogP contribution in [0.1, 0.15) is 18.4 Å². The molecule has 1 aromatic carbocycles. The van der Waals surface area contributed by atoms with Crippen molar-refractivity contribution in [2.24, 2.45) is 0 Å². The normalized spacial score (nSPS) is 12.5. The van der Waals surface area contributed by atoms with Crippen LogP contribution in [0.5, 0.6) is 5.75 Å². The van der Waals surface area contributed by atoms with E-state index in [1.54, 1.807) is 18.2 Å². The minimum Gasteiger partial charge on any atom is -0.506 e. The highest BCUT2D eigenvalue weighted by Crippen LogP contribution is 2.32. The Morgan fingerprint density at radius 1 is 1.54 bits per heavy atom. The van der Waals surface area contributed by atoms with E-state index in [1.165, 1.54) is 6.92 Å². The molecule has 0 fully saturated rings. The number of phenolic OH excluding ortho intramolecular Hbond substituents is 1. The van der Waals surface area contributed by atoms with Crippen LogP contribution in [0.4, 0.5) is 0 Å². The Morgan fingerprint density at radius 2 is 2.15 bits per heavy atom. The molecule has 1 rings (SSSR count). The monoisotopic (exact) mass is 244 g/mol. The van der Waals surface area contributed by atoms with E-state index in [9.17, 15) is 9.90 Å². The average Bonchev–Trinajstić information content (AvgIpc) is 2.08. The summed E-state index contributed by atoms with van der Waals surface area (Å²) >= 11 is 3.12. The van der Waals surface area contributed by atoms with Gasteiger partial charge in [0.25, 0.3) is 0 Å². The number of carbonyl (C=O) groups is 1. The Balaban J connectivity index is 3.15. The second-order valence-electron chi connectivity index (χ2n) is 2.74. The third-order valence-electron chi connectivity index (χ3n) is 1.85. The summed E-state index contributed by atoms with van der Waals surface area (Å²) in [4.78, 5) is 10.6. The molecule has 0 aromatic heterocycles. The van der Waals surface area contributed by atoms with Crippen molar-refractivity contribution in [1.29, 1.82) is 0 Å². The molecule has 2 N–H and O–H groups in total. The van der Waals surface area contributed by atoms with E-state index in [-0.39, 0.29) is 5.75 Å². The van der Waals surface area contributed by atoms with Gasteiger partial charge in [0.2, 0.25) is 0 Å². The Morgan fingerprint density at radius 3 is 2.69 bits per heavy atom. The molecule has 1 atom stereocenters. The van der Waals surface area contributed by atoms with Crippen LogP contribution in [-0.4, -0.2) is 16.2 Å². The largest absolute Gasteiger partial charge is 0.506 e. The fourth-order valence-electron chi connectivity index (χ4n) is 1.01. The quantitative estimate of drug-likeness (QED) is 0.840. The van der Waals surface area contributed by atoms with Crippen molar-refractivity contribution >= 4 is 21.9 Å². The summed E-state index contributed by atoms with van der Waals surface area (Å²) in [5.74, 6) is -1.65. The fourth-order valence-corrected chi connectivity index (χ4v) is 1.40. The molecule has 4 heteroatoms. The second kappa shape index (κ2) is 3.79. The summed E-state index contributed by atoms with van der Waals surface area (Å²) in [5, 5.41) is 18.2. The minimum absolute atomic E-state index is 0.00241. The molecular formula is C9H9BrO3. The zero-order valence-electron chi connectivity index (χ0n) is 6.99. The Kier molecular flexibility index (Phi) is 2.93. The summed E-state index contributed by atoms with van der Waals surface area (Å²) in [6.45, 7) is 1.53. The van der Waals surface area contributed by atoms with Gasteiger partial charge in [0.15, 0.2) is 0 Å². The maximum Gasteiger partial charge on any atom is 0.310 e. The van der Waals surface area contributed by atoms with Crippen molar-refractivity contribution < 1.29 is 15.0 Å². The first-order chi connectivity index (χ1) is 6.04. The van der Waals surface area contributed by atoms with Crippen LogP contribution < -0.4 is 0 Å². The molecule has 0 saturated carbocycles. The lowest BCUT2D eigenvalue weighted by atomic mass is 10.0. The molecule has 0 spiro atoms. The molecule has 0 amide bonds. The zero-order valence-corrected chi connectivity index (χ0v) is 8.58. The van der Waals surface area contributed by atoms with E-state index in [2.05, 4.69) is 15.9 Å². The number of carboxylic acid groups (broad SMARTS) is 1. The van der Waals surface area contributed by atoms with E-state index in [4.69, 9.17) is 5.11 Å². The lowest BCUT2D eigenvalue weighted by Crippen LogP contribution is -2.07. The van der Waals surface area contributed by atoms with Crippen LogP contribution in [0.15, 0.2) is 22.7 Å². The van der Waals surface area contributed by atoms with Gasteiger partial charge in [-0.1, -0.05) is 12.1 Å². The molecule has 13 heavy (non-hydrogen) atoms. The molecule has 1 aromatic rings. The molecule has 0 aliphatic heterocycles. The second-order valence-corrected chi connectivity index (χ2v) is 3.59. The highest BCUT2D eigenvalue weighted by Gasteiger charge is 2.18. The number of hydrogen-bond acceptors (Lipinski definition) is 2. The molecule has 70 valence electrons. The van der Waals surface area contributed by atoms with Crippen molar-refractivity contribution in [3.05, 3.63) is 28.2 Å². The molecule has 0 aliphatic carbocycles. The maximum absolute atomic E-state index is 10.6. The molecule has 0 radical (unpaired) electrons. The first kappa shape index (κ1) is 10.1. The van der Waals surface area contributed by atoms with Crippen molar-refractivity contribution in [2.45, 2.75) is 12.8 Å². The number of benzene rings is 1. The Bertz CT molecular complexity index is 336. The van der Waals surface area contributed by atoms with Gasteiger partial charge >= 0.3 is 5.97 Å². The van der Waals surface area contributed by atoms with Crippen molar-refractivity contribution in [3.8, 4) is 5.75 Å². The average molecular weight is 245 g/mol.